The van der Waals surface area contributed by atoms with Crippen molar-refractivity contribution in [3.8, 4) is 23.0 Å². The summed E-state index contributed by atoms with van der Waals surface area (Å²) in [5.74, 6) is 1.29. The monoisotopic (exact) mass is 303 g/mol. The van der Waals surface area contributed by atoms with E-state index in [2.05, 4.69) is 0 Å². The number of rotatable bonds is 5. The topological polar surface area (TPSA) is 84.9 Å². The van der Waals surface area contributed by atoms with Gasteiger partial charge in [-0.3, -0.25) is 0 Å². The molecule has 4 N–H and O–H groups in total. The van der Waals surface area contributed by atoms with Gasteiger partial charge in [0.15, 0.2) is 0 Å². The normalized spacial score (nSPS) is 12.0. The molecule has 2 rings (SSSR count). The van der Waals surface area contributed by atoms with Crippen molar-refractivity contribution in [3.63, 3.8) is 0 Å². The lowest BCUT2D eigenvalue weighted by molar-refractivity contribution is 0.384. The Morgan fingerprint density at radius 2 is 1.64 bits per heavy atom. The van der Waals surface area contributed by atoms with Crippen LogP contribution >= 0.6 is 0 Å². The molecule has 0 radical (unpaired) electrons. The van der Waals surface area contributed by atoms with E-state index in [0.717, 1.165) is 11.1 Å². The van der Waals surface area contributed by atoms with Crippen LogP contribution in [0.1, 0.15) is 29.5 Å². The number of benzene rings is 2. The second-order valence-corrected chi connectivity index (χ2v) is 5.07. The number of phenols is 2. The minimum Gasteiger partial charge on any atom is -0.508 e. The summed E-state index contributed by atoms with van der Waals surface area (Å²) < 4.78 is 10.8. The molecule has 118 valence electrons. The fourth-order valence-electron chi connectivity index (χ4n) is 2.53. The van der Waals surface area contributed by atoms with Gasteiger partial charge in [0, 0.05) is 29.7 Å². The summed E-state index contributed by atoms with van der Waals surface area (Å²) in [5, 5.41) is 19.4. The van der Waals surface area contributed by atoms with Crippen molar-refractivity contribution in [3.05, 3.63) is 47.0 Å². The number of aromatic hydroxyl groups is 2. The standard InChI is InChI=1S/C17H21NO4/c1-10(13-5-4-12(19)8-15(13)20)11-6-16(21-2)14(9-18)17(7-11)22-3/h4-8,10,19-20H,9,18H2,1-3H3. The minimum atomic E-state index is -0.102. The van der Waals surface area contributed by atoms with Gasteiger partial charge in [-0.25, -0.2) is 0 Å². The fourth-order valence-corrected chi connectivity index (χ4v) is 2.53. The highest BCUT2D eigenvalue weighted by Crippen LogP contribution is 2.38. The van der Waals surface area contributed by atoms with E-state index in [0.29, 0.717) is 23.6 Å². The number of phenolic OH excluding ortho intramolecular Hbond substituents is 2. The quantitative estimate of drug-likeness (QED) is 0.791. The molecular formula is C17H21NO4. The van der Waals surface area contributed by atoms with E-state index in [-0.39, 0.29) is 17.4 Å². The number of nitrogens with two attached hydrogens (primary N) is 1. The third kappa shape index (κ3) is 2.94. The summed E-state index contributed by atoms with van der Waals surface area (Å²) in [7, 11) is 3.17. The third-order valence-electron chi connectivity index (χ3n) is 3.81. The fraction of sp³-hybridized carbons (Fsp3) is 0.294. The molecule has 2 aromatic carbocycles. The van der Waals surface area contributed by atoms with E-state index < -0.39 is 0 Å². The molecule has 2 aromatic rings. The molecule has 1 atom stereocenters. The van der Waals surface area contributed by atoms with Crippen LogP contribution in [0.2, 0.25) is 0 Å². The van der Waals surface area contributed by atoms with Gasteiger partial charge >= 0.3 is 0 Å². The molecule has 5 nitrogen and oxygen atoms in total. The van der Waals surface area contributed by atoms with Crippen LogP contribution in [-0.4, -0.2) is 24.4 Å². The van der Waals surface area contributed by atoms with E-state index in [1.807, 2.05) is 19.1 Å². The third-order valence-corrected chi connectivity index (χ3v) is 3.81. The second-order valence-electron chi connectivity index (χ2n) is 5.07. The highest BCUT2D eigenvalue weighted by molar-refractivity contribution is 5.52. The average Bonchev–Trinajstić information content (AvgIpc) is 2.52. The average molecular weight is 303 g/mol. The minimum absolute atomic E-state index is 0.0297. The molecule has 22 heavy (non-hydrogen) atoms. The molecule has 0 aromatic heterocycles. The number of hydrogen-bond acceptors (Lipinski definition) is 5. The van der Waals surface area contributed by atoms with Gasteiger partial charge in [-0.1, -0.05) is 13.0 Å². The van der Waals surface area contributed by atoms with Gasteiger partial charge in [0.25, 0.3) is 0 Å². The number of ether oxygens (including phenoxy) is 2. The van der Waals surface area contributed by atoms with E-state index in [9.17, 15) is 10.2 Å². The van der Waals surface area contributed by atoms with Crippen LogP contribution in [-0.2, 0) is 6.54 Å². The molecule has 0 fully saturated rings. The summed E-state index contributed by atoms with van der Waals surface area (Å²) in [5.41, 5.74) is 8.19. The van der Waals surface area contributed by atoms with E-state index >= 15 is 0 Å². The zero-order chi connectivity index (χ0) is 16.3. The molecule has 0 aliphatic rings. The van der Waals surface area contributed by atoms with Crippen LogP contribution < -0.4 is 15.2 Å². The van der Waals surface area contributed by atoms with Crippen LogP contribution in [0.5, 0.6) is 23.0 Å². The van der Waals surface area contributed by atoms with Gasteiger partial charge in [-0.05, 0) is 23.8 Å². The lowest BCUT2D eigenvalue weighted by Crippen LogP contribution is -2.05. The van der Waals surface area contributed by atoms with Crippen LogP contribution in [0.15, 0.2) is 30.3 Å². The Kier molecular flexibility index (Phi) is 4.78. The maximum atomic E-state index is 10.0. The predicted octanol–water partition coefficient (Wildman–Crippen LogP) is 2.73. The van der Waals surface area contributed by atoms with Crippen LogP contribution in [0, 0.1) is 0 Å². The molecule has 0 heterocycles. The summed E-state index contributed by atoms with van der Waals surface area (Å²) in [6.07, 6.45) is 0. The smallest absolute Gasteiger partial charge is 0.127 e. The van der Waals surface area contributed by atoms with Crippen molar-refractivity contribution in [2.45, 2.75) is 19.4 Å². The lowest BCUT2D eigenvalue weighted by atomic mass is 9.91. The molecule has 1 unspecified atom stereocenters. The molecule has 0 bridgehead atoms. The maximum Gasteiger partial charge on any atom is 0.127 e. The van der Waals surface area contributed by atoms with E-state index in [1.54, 1.807) is 26.4 Å². The van der Waals surface area contributed by atoms with Crippen molar-refractivity contribution in [1.29, 1.82) is 0 Å². The predicted molar refractivity (Wildman–Crippen MR) is 84.7 cm³/mol. The molecule has 0 saturated carbocycles. The second kappa shape index (κ2) is 6.58. The Labute approximate surface area is 129 Å². The van der Waals surface area contributed by atoms with Crippen molar-refractivity contribution in [2.24, 2.45) is 5.73 Å². The molecule has 0 amide bonds. The Morgan fingerprint density at radius 3 is 2.09 bits per heavy atom. The zero-order valence-corrected chi connectivity index (χ0v) is 13.0. The summed E-state index contributed by atoms with van der Waals surface area (Å²) in [6.45, 7) is 2.27. The number of hydrogen-bond donors (Lipinski definition) is 3. The first kappa shape index (κ1) is 16.0. The Morgan fingerprint density at radius 1 is 1.05 bits per heavy atom. The van der Waals surface area contributed by atoms with E-state index in [4.69, 9.17) is 15.2 Å². The molecule has 5 heteroatoms. The molecule has 0 saturated heterocycles. The largest absolute Gasteiger partial charge is 0.508 e. The van der Waals surface area contributed by atoms with Gasteiger partial charge in [-0.15, -0.1) is 0 Å². The first-order valence-corrected chi connectivity index (χ1v) is 6.98. The van der Waals surface area contributed by atoms with Crippen LogP contribution in [0.3, 0.4) is 0 Å². The summed E-state index contributed by atoms with van der Waals surface area (Å²) in [6, 6.07) is 8.36. The summed E-state index contributed by atoms with van der Waals surface area (Å²) >= 11 is 0. The van der Waals surface area contributed by atoms with Gasteiger partial charge in [0.1, 0.15) is 23.0 Å². The highest BCUT2D eigenvalue weighted by atomic mass is 16.5. The summed E-state index contributed by atoms with van der Waals surface area (Å²) in [4.78, 5) is 0. The maximum absolute atomic E-state index is 10.0. The first-order chi connectivity index (χ1) is 10.5. The van der Waals surface area contributed by atoms with Gasteiger partial charge < -0.3 is 25.4 Å². The Balaban J connectivity index is 2.51. The molecule has 0 aliphatic carbocycles. The van der Waals surface area contributed by atoms with E-state index in [1.165, 1.54) is 6.07 Å². The van der Waals surface area contributed by atoms with Crippen molar-refractivity contribution in [2.75, 3.05) is 14.2 Å². The Bertz CT molecular complexity index is 645. The first-order valence-electron chi connectivity index (χ1n) is 6.98. The van der Waals surface area contributed by atoms with Gasteiger partial charge in [0.2, 0.25) is 0 Å². The SMILES string of the molecule is COc1cc(C(C)c2ccc(O)cc2O)cc(OC)c1CN. The highest BCUT2D eigenvalue weighted by Gasteiger charge is 2.18. The van der Waals surface area contributed by atoms with Crippen LogP contribution in [0.25, 0.3) is 0 Å². The number of methoxy groups -OCH3 is 2. The zero-order valence-electron chi connectivity index (χ0n) is 13.0. The molecule has 0 aliphatic heterocycles. The van der Waals surface area contributed by atoms with Gasteiger partial charge in [-0.2, -0.15) is 0 Å². The van der Waals surface area contributed by atoms with Crippen molar-refractivity contribution >= 4 is 0 Å². The molecule has 0 spiro atoms. The van der Waals surface area contributed by atoms with Crippen molar-refractivity contribution in [1.82, 2.24) is 0 Å². The van der Waals surface area contributed by atoms with Crippen molar-refractivity contribution < 1.29 is 19.7 Å². The molecular weight excluding hydrogens is 282 g/mol. The Hall–Kier alpha value is -2.40. The van der Waals surface area contributed by atoms with Gasteiger partial charge in [0.05, 0.1) is 14.2 Å². The lowest BCUT2D eigenvalue weighted by Gasteiger charge is -2.19. The van der Waals surface area contributed by atoms with Crippen LogP contribution in [0.4, 0.5) is 0 Å².